The smallest absolute Gasteiger partial charge is 0.311 e. The van der Waals surface area contributed by atoms with Crippen molar-refractivity contribution in [1.29, 1.82) is 0 Å². The molecule has 0 amide bonds. The number of carboxylic acid groups (broad SMARTS) is 1. The Balaban J connectivity index is 2.29. The first-order valence-corrected chi connectivity index (χ1v) is 6.22. The number of hydrogen-bond donors (Lipinski definition) is 1. The highest BCUT2D eigenvalue weighted by Gasteiger charge is 2.22. The highest BCUT2D eigenvalue weighted by Crippen LogP contribution is 2.14. The van der Waals surface area contributed by atoms with Crippen molar-refractivity contribution >= 4 is 11.8 Å². The molecule has 1 atom stereocenters. The van der Waals surface area contributed by atoms with Gasteiger partial charge in [0.25, 0.3) is 5.56 Å². The topological polar surface area (TPSA) is 84.7 Å². The second-order valence-corrected chi connectivity index (χ2v) is 4.59. The van der Waals surface area contributed by atoms with Gasteiger partial charge in [0.05, 0.1) is 6.61 Å². The van der Waals surface area contributed by atoms with Crippen LogP contribution in [0, 0.1) is 0 Å². The Morgan fingerprint density at radius 1 is 1.65 bits per heavy atom. The number of alkyl halides is 1. The van der Waals surface area contributed by atoms with Crippen LogP contribution < -0.4 is 10.5 Å². The predicted octanol–water partition coefficient (Wildman–Crippen LogP) is -0.418. The summed E-state index contributed by atoms with van der Waals surface area (Å²) >= 11 is 0. The molecule has 1 aromatic heterocycles. The van der Waals surface area contributed by atoms with E-state index in [9.17, 15) is 14.0 Å². The molecular formula is C12H16FN3O4. The lowest BCUT2D eigenvalue weighted by molar-refractivity contribution is -0.136. The predicted molar refractivity (Wildman–Crippen MR) is 68.7 cm³/mol. The van der Waals surface area contributed by atoms with E-state index in [0.29, 0.717) is 25.5 Å². The molecule has 2 rings (SSSR count). The maximum absolute atomic E-state index is 12.6. The number of morpholine rings is 1. The number of aromatic nitrogens is 2. The molecule has 1 unspecified atom stereocenters. The molecule has 0 saturated carbocycles. The zero-order valence-electron chi connectivity index (χ0n) is 11.1. The number of halogens is 1. The van der Waals surface area contributed by atoms with Crippen molar-refractivity contribution < 1.29 is 19.0 Å². The van der Waals surface area contributed by atoms with Crippen molar-refractivity contribution in [3.05, 3.63) is 22.2 Å². The van der Waals surface area contributed by atoms with E-state index < -0.39 is 18.7 Å². The van der Waals surface area contributed by atoms with Gasteiger partial charge in [0.2, 0.25) is 0 Å². The Labute approximate surface area is 114 Å². The molecule has 110 valence electrons. The zero-order chi connectivity index (χ0) is 14.7. The summed E-state index contributed by atoms with van der Waals surface area (Å²) in [6.45, 7) is 0.523. The summed E-state index contributed by atoms with van der Waals surface area (Å²) in [6, 6.07) is 1.33. The van der Waals surface area contributed by atoms with Gasteiger partial charge in [-0.3, -0.25) is 14.2 Å². The van der Waals surface area contributed by atoms with Crippen LogP contribution in [0.3, 0.4) is 0 Å². The standard InChI is InChI=1S/C12H16FN3O4/c1-15-9(5-12(18)19)14-10(4-11(15)17)16-2-3-20-8(6-13)7-16/h4,8H,2-3,5-7H2,1H3,(H,18,19). The van der Waals surface area contributed by atoms with Crippen LogP contribution in [0.15, 0.2) is 10.9 Å². The van der Waals surface area contributed by atoms with E-state index in [1.54, 1.807) is 4.90 Å². The fourth-order valence-corrected chi connectivity index (χ4v) is 2.05. The van der Waals surface area contributed by atoms with E-state index in [-0.39, 0.29) is 17.8 Å². The molecule has 7 nitrogen and oxygen atoms in total. The Morgan fingerprint density at radius 2 is 2.40 bits per heavy atom. The van der Waals surface area contributed by atoms with E-state index in [1.165, 1.54) is 17.7 Å². The molecule has 1 aliphatic heterocycles. The first-order chi connectivity index (χ1) is 9.51. The summed E-state index contributed by atoms with van der Waals surface area (Å²) in [4.78, 5) is 28.5. The SMILES string of the molecule is Cn1c(CC(=O)O)nc(N2CCOC(CF)C2)cc1=O. The number of aliphatic carboxylic acids is 1. The van der Waals surface area contributed by atoms with Gasteiger partial charge in [-0.05, 0) is 0 Å². The van der Waals surface area contributed by atoms with Gasteiger partial charge in [0.1, 0.15) is 30.8 Å². The number of carbonyl (C=O) groups is 1. The molecule has 0 spiro atoms. The molecule has 1 aromatic rings. The molecule has 0 aromatic carbocycles. The third kappa shape index (κ3) is 3.13. The number of anilines is 1. The van der Waals surface area contributed by atoms with Gasteiger partial charge in [-0.2, -0.15) is 0 Å². The number of hydrogen-bond acceptors (Lipinski definition) is 5. The zero-order valence-corrected chi connectivity index (χ0v) is 11.1. The highest BCUT2D eigenvalue weighted by atomic mass is 19.1. The molecule has 0 bridgehead atoms. The lowest BCUT2D eigenvalue weighted by atomic mass is 10.3. The van der Waals surface area contributed by atoms with Crippen molar-refractivity contribution in [2.45, 2.75) is 12.5 Å². The Kier molecular flexibility index (Phi) is 4.33. The molecule has 1 N–H and O–H groups in total. The fraction of sp³-hybridized carbons (Fsp3) is 0.583. The molecule has 1 fully saturated rings. The summed E-state index contributed by atoms with van der Waals surface area (Å²) in [7, 11) is 1.47. The average molecular weight is 285 g/mol. The van der Waals surface area contributed by atoms with Crippen molar-refractivity contribution in [3.63, 3.8) is 0 Å². The van der Waals surface area contributed by atoms with E-state index in [2.05, 4.69) is 4.98 Å². The van der Waals surface area contributed by atoms with E-state index in [4.69, 9.17) is 9.84 Å². The minimum absolute atomic E-state index is 0.170. The summed E-state index contributed by atoms with van der Waals surface area (Å²) in [6.07, 6.45) is -0.881. The van der Waals surface area contributed by atoms with Gasteiger partial charge in [0.15, 0.2) is 0 Å². The molecule has 1 aliphatic rings. The van der Waals surface area contributed by atoms with Gasteiger partial charge in [0, 0.05) is 26.2 Å². The van der Waals surface area contributed by atoms with Crippen molar-refractivity contribution in [3.8, 4) is 0 Å². The number of rotatable bonds is 4. The Bertz CT molecular complexity index is 560. The van der Waals surface area contributed by atoms with Crippen LogP contribution in [0.25, 0.3) is 0 Å². The van der Waals surface area contributed by atoms with Crippen LogP contribution in [0.1, 0.15) is 5.82 Å². The van der Waals surface area contributed by atoms with Gasteiger partial charge in [-0.15, -0.1) is 0 Å². The second kappa shape index (κ2) is 6.00. The lowest BCUT2D eigenvalue weighted by Crippen LogP contribution is -2.44. The number of ether oxygens (including phenoxy) is 1. The highest BCUT2D eigenvalue weighted by molar-refractivity contribution is 5.69. The average Bonchev–Trinajstić information content (AvgIpc) is 2.43. The van der Waals surface area contributed by atoms with E-state index in [1.807, 2.05) is 0 Å². The maximum atomic E-state index is 12.6. The summed E-state index contributed by atoms with van der Waals surface area (Å²) in [5.41, 5.74) is -0.338. The maximum Gasteiger partial charge on any atom is 0.311 e. The van der Waals surface area contributed by atoms with E-state index >= 15 is 0 Å². The molecule has 2 heterocycles. The molecule has 1 saturated heterocycles. The molecule has 8 heteroatoms. The van der Waals surface area contributed by atoms with Crippen molar-refractivity contribution in [2.75, 3.05) is 31.3 Å². The first-order valence-electron chi connectivity index (χ1n) is 6.22. The second-order valence-electron chi connectivity index (χ2n) is 4.59. The summed E-state index contributed by atoms with van der Waals surface area (Å²) < 4.78 is 19.1. The monoisotopic (exact) mass is 285 g/mol. The minimum Gasteiger partial charge on any atom is -0.481 e. The molecule has 0 radical (unpaired) electrons. The van der Waals surface area contributed by atoms with Crippen LogP contribution in [0.5, 0.6) is 0 Å². The third-order valence-corrected chi connectivity index (χ3v) is 3.16. The third-order valence-electron chi connectivity index (χ3n) is 3.16. The Morgan fingerprint density at radius 3 is 3.05 bits per heavy atom. The van der Waals surface area contributed by atoms with Crippen molar-refractivity contribution in [2.24, 2.45) is 7.05 Å². The normalized spacial score (nSPS) is 19.1. The molecule has 20 heavy (non-hydrogen) atoms. The van der Waals surface area contributed by atoms with Crippen LogP contribution >= 0.6 is 0 Å². The van der Waals surface area contributed by atoms with Crippen LogP contribution in [0.4, 0.5) is 10.2 Å². The quantitative estimate of drug-likeness (QED) is 0.809. The van der Waals surface area contributed by atoms with Crippen LogP contribution in [0.2, 0.25) is 0 Å². The number of nitrogens with zero attached hydrogens (tertiary/aromatic N) is 3. The van der Waals surface area contributed by atoms with Crippen LogP contribution in [-0.2, 0) is 23.0 Å². The fourth-order valence-electron chi connectivity index (χ4n) is 2.05. The van der Waals surface area contributed by atoms with Crippen molar-refractivity contribution in [1.82, 2.24) is 9.55 Å². The van der Waals surface area contributed by atoms with Crippen LogP contribution in [-0.4, -0.2) is 53.1 Å². The number of carboxylic acids is 1. The summed E-state index contributed by atoms with van der Waals surface area (Å²) in [5, 5.41) is 8.83. The molecule has 0 aliphatic carbocycles. The van der Waals surface area contributed by atoms with Gasteiger partial charge >= 0.3 is 5.97 Å². The first kappa shape index (κ1) is 14.4. The Hall–Kier alpha value is -1.96. The largest absolute Gasteiger partial charge is 0.481 e. The van der Waals surface area contributed by atoms with Gasteiger partial charge in [-0.25, -0.2) is 9.37 Å². The molecular weight excluding hydrogens is 269 g/mol. The van der Waals surface area contributed by atoms with Gasteiger partial charge in [-0.1, -0.05) is 0 Å². The minimum atomic E-state index is -1.06. The van der Waals surface area contributed by atoms with E-state index in [0.717, 1.165) is 0 Å². The van der Waals surface area contributed by atoms with Gasteiger partial charge < -0.3 is 14.7 Å². The summed E-state index contributed by atoms with van der Waals surface area (Å²) in [5.74, 6) is -0.525. The lowest BCUT2D eigenvalue weighted by Gasteiger charge is -2.32.